The first-order valence-corrected chi connectivity index (χ1v) is 9.05. The number of aromatic nitrogens is 4. The number of aromatic amines is 1. The zero-order chi connectivity index (χ0) is 19.3. The van der Waals surface area contributed by atoms with Crippen LogP contribution in [0.15, 0.2) is 4.79 Å². The number of nitrogens with one attached hydrogen (secondary N) is 1. The minimum Gasteiger partial charge on any atom is -0.394 e. The molecule has 0 amide bonds. The number of nitrogen functional groups attached to an aromatic ring is 1. The second-order valence-electron chi connectivity index (χ2n) is 7.30. The van der Waals surface area contributed by atoms with E-state index in [1.807, 2.05) is 4.90 Å². The van der Waals surface area contributed by atoms with Gasteiger partial charge in [0.05, 0.1) is 6.61 Å². The quantitative estimate of drug-likeness (QED) is 0.428. The number of aliphatic hydroxyl groups is 3. The summed E-state index contributed by atoms with van der Waals surface area (Å²) in [6.07, 6.45) is -2.66. The second kappa shape index (κ2) is 6.75. The minimum absolute atomic E-state index is 0.0792. The van der Waals surface area contributed by atoms with E-state index in [0.717, 1.165) is 25.9 Å². The number of nitrogens with two attached hydrogens (primary N) is 1. The Balaban J connectivity index is 1.86. The number of H-pyrrole nitrogens is 1. The summed E-state index contributed by atoms with van der Waals surface area (Å²) in [7, 11) is 0. The molecular weight excluding hydrogens is 356 g/mol. The van der Waals surface area contributed by atoms with Crippen LogP contribution in [-0.2, 0) is 4.74 Å². The maximum absolute atomic E-state index is 12.3. The number of ether oxygens (including phenoxy) is 1. The third kappa shape index (κ3) is 2.96. The lowest BCUT2D eigenvalue weighted by atomic mass is 10.00. The van der Waals surface area contributed by atoms with Gasteiger partial charge in [-0.25, -0.2) is 4.98 Å². The maximum atomic E-state index is 12.3. The summed E-state index contributed by atoms with van der Waals surface area (Å²) in [6, 6.07) is 0. The number of aliphatic hydroxyl groups excluding tert-OH is 3. The molecule has 2 saturated heterocycles. The van der Waals surface area contributed by atoms with Crippen LogP contribution in [0.5, 0.6) is 0 Å². The number of hydrogen-bond acceptors (Lipinski definition) is 9. The molecule has 2 fully saturated rings. The van der Waals surface area contributed by atoms with Gasteiger partial charge in [0.15, 0.2) is 17.4 Å². The molecule has 0 unspecified atom stereocenters. The lowest BCUT2D eigenvalue weighted by molar-refractivity contribution is -0.0505. The topological polar surface area (TPSA) is 163 Å². The molecular formula is C16H24N6O5. The Morgan fingerprint density at radius 1 is 1.26 bits per heavy atom. The van der Waals surface area contributed by atoms with Crippen LogP contribution in [0.3, 0.4) is 0 Å². The smallest absolute Gasteiger partial charge is 0.280 e. The Kier molecular flexibility index (Phi) is 4.54. The molecule has 27 heavy (non-hydrogen) atoms. The number of hydrogen-bond donors (Lipinski definition) is 5. The third-order valence-corrected chi connectivity index (χ3v) is 5.39. The van der Waals surface area contributed by atoms with Gasteiger partial charge >= 0.3 is 0 Å². The number of fused-ring (bicyclic) bond motifs is 1. The van der Waals surface area contributed by atoms with Crippen molar-refractivity contribution in [1.29, 1.82) is 0 Å². The van der Waals surface area contributed by atoms with Crippen molar-refractivity contribution in [3.63, 3.8) is 0 Å². The number of nitrogens with zero attached hydrogens (tertiary/aromatic N) is 4. The second-order valence-corrected chi connectivity index (χ2v) is 7.30. The molecule has 2 aliphatic heterocycles. The molecule has 0 spiro atoms. The van der Waals surface area contributed by atoms with E-state index in [2.05, 4.69) is 21.9 Å². The van der Waals surface area contributed by atoms with Gasteiger partial charge in [-0.05, 0) is 18.8 Å². The van der Waals surface area contributed by atoms with Gasteiger partial charge < -0.3 is 30.7 Å². The van der Waals surface area contributed by atoms with Gasteiger partial charge in [0.2, 0.25) is 11.9 Å². The predicted molar refractivity (Wildman–Crippen MR) is 96.2 cm³/mol. The monoisotopic (exact) mass is 380 g/mol. The fourth-order valence-electron chi connectivity index (χ4n) is 3.75. The lowest BCUT2D eigenvalue weighted by Gasteiger charge is -2.32. The molecule has 11 nitrogen and oxygen atoms in total. The van der Waals surface area contributed by atoms with E-state index in [9.17, 15) is 20.1 Å². The van der Waals surface area contributed by atoms with Gasteiger partial charge in [-0.15, -0.1) is 0 Å². The van der Waals surface area contributed by atoms with Crippen molar-refractivity contribution in [2.75, 3.05) is 30.3 Å². The molecule has 0 saturated carbocycles. The molecule has 11 heteroatoms. The van der Waals surface area contributed by atoms with Crippen LogP contribution in [0.25, 0.3) is 11.2 Å². The van der Waals surface area contributed by atoms with Crippen molar-refractivity contribution >= 4 is 23.1 Å². The molecule has 0 aromatic carbocycles. The van der Waals surface area contributed by atoms with E-state index in [-0.39, 0.29) is 17.1 Å². The number of piperidine rings is 1. The summed E-state index contributed by atoms with van der Waals surface area (Å²) in [4.78, 5) is 25.4. The summed E-state index contributed by atoms with van der Waals surface area (Å²) in [5.74, 6) is 0.930. The average Bonchev–Trinajstić information content (AvgIpc) is 3.14. The SMILES string of the molecule is CC1CCN(c2nc3c(=O)[nH]c(N)nc3n2[C@@H]2O[C@H](CO)[C@@H](O)[C@H]2O)CC1. The Morgan fingerprint density at radius 2 is 1.96 bits per heavy atom. The van der Waals surface area contributed by atoms with Gasteiger partial charge in [-0.3, -0.25) is 14.3 Å². The highest BCUT2D eigenvalue weighted by Gasteiger charge is 2.45. The van der Waals surface area contributed by atoms with E-state index >= 15 is 0 Å². The van der Waals surface area contributed by atoms with Gasteiger partial charge in [-0.2, -0.15) is 4.98 Å². The molecule has 0 bridgehead atoms. The van der Waals surface area contributed by atoms with Gasteiger partial charge in [-0.1, -0.05) is 6.92 Å². The van der Waals surface area contributed by atoms with E-state index in [0.29, 0.717) is 11.9 Å². The molecule has 4 atom stereocenters. The number of imidazole rings is 1. The molecule has 2 aromatic heterocycles. The zero-order valence-electron chi connectivity index (χ0n) is 14.9. The molecule has 148 valence electrons. The van der Waals surface area contributed by atoms with Gasteiger partial charge in [0.25, 0.3) is 5.56 Å². The van der Waals surface area contributed by atoms with Crippen LogP contribution in [0.2, 0.25) is 0 Å². The first-order chi connectivity index (χ1) is 12.9. The number of rotatable bonds is 3. The largest absolute Gasteiger partial charge is 0.394 e. The molecule has 6 N–H and O–H groups in total. The van der Waals surface area contributed by atoms with E-state index in [4.69, 9.17) is 10.5 Å². The molecule has 4 heterocycles. The molecule has 2 aromatic rings. The number of anilines is 2. The maximum Gasteiger partial charge on any atom is 0.280 e. The molecule has 0 aliphatic carbocycles. The summed E-state index contributed by atoms with van der Waals surface area (Å²) < 4.78 is 7.17. The molecule has 2 aliphatic rings. The highest BCUT2D eigenvalue weighted by atomic mass is 16.6. The van der Waals surface area contributed by atoms with Crippen molar-refractivity contribution in [2.24, 2.45) is 5.92 Å². The lowest BCUT2D eigenvalue weighted by Crippen LogP contribution is -2.37. The van der Waals surface area contributed by atoms with E-state index in [1.165, 1.54) is 4.57 Å². The zero-order valence-corrected chi connectivity index (χ0v) is 14.9. The Labute approximate surface area is 154 Å². The third-order valence-electron chi connectivity index (χ3n) is 5.39. The van der Waals surface area contributed by atoms with E-state index in [1.54, 1.807) is 0 Å². The van der Waals surface area contributed by atoms with Crippen LogP contribution in [0.4, 0.5) is 11.9 Å². The summed E-state index contributed by atoms with van der Waals surface area (Å²) in [6.45, 7) is 3.19. The highest BCUT2D eigenvalue weighted by Crippen LogP contribution is 2.36. The Bertz CT molecular complexity index is 889. The molecule has 0 radical (unpaired) electrons. The summed E-state index contributed by atoms with van der Waals surface area (Å²) in [5.41, 5.74) is 5.45. The minimum atomic E-state index is -1.32. The van der Waals surface area contributed by atoms with Crippen LogP contribution < -0.4 is 16.2 Å². The van der Waals surface area contributed by atoms with E-state index < -0.39 is 36.7 Å². The standard InChI is InChI=1S/C16H24N6O5/c1-7-2-4-21(5-3-7)16-18-9-12(19-15(17)20-13(9)26)22(16)14-11(25)10(24)8(6-23)27-14/h7-8,10-11,14,23-25H,2-6H2,1H3,(H3,17,19,20,26)/t8-,10-,11-,14-/m1/s1. The average molecular weight is 380 g/mol. The van der Waals surface area contributed by atoms with Crippen molar-refractivity contribution in [3.8, 4) is 0 Å². The molecule has 4 rings (SSSR count). The summed E-state index contributed by atoms with van der Waals surface area (Å²) >= 11 is 0. The van der Waals surface area contributed by atoms with Crippen molar-refractivity contribution < 1.29 is 20.1 Å². The summed E-state index contributed by atoms with van der Waals surface area (Å²) in [5, 5.41) is 30.0. The van der Waals surface area contributed by atoms with Gasteiger partial charge in [0.1, 0.15) is 18.3 Å². The predicted octanol–water partition coefficient (Wildman–Crippen LogP) is -1.45. The van der Waals surface area contributed by atoms with Crippen LogP contribution in [-0.4, -0.2) is 72.8 Å². The fraction of sp³-hybridized carbons (Fsp3) is 0.688. The van der Waals surface area contributed by atoms with Crippen molar-refractivity contribution in [3.05, 3.63) is 10.4 Å². The van der Waals surface area contributed by atoms with Crippen LogP contribution in [0.1, 0.15) is 26.0 Å². The Hall–Kier alpha value is -2.21. The first-order valence-electron chi connectivity index (χ1n) is 9.05. The Morgan fingerprint density at radius 3 is 2.59 bits per heavy atom. The van der Waals surface area contributed by atoms with Crippen molar-refractivity contribution in [2.45, 2.75) is 44.3 Å². The van der Waals surface area contributed by atoms with Gasteiger partial charge in [0, 0.05) is 13.1 Å². The fourth-order valence-corrected chi connectivity index (χ4v) is 3.75. The van der Waals surface area contributed by atoms with Crippen molar-refractivity contribution in [1.82, 2.24) is 19.5 Å². The van der Waals surface area contributed by atoms with Crippen LogP contribution in [0, 0.1) is 5.92 Å². The first kappa shape index (κ1) is 18.2. The highest BCUT2D eigenvalue weighted by molar-refractivity contribution is 5.75. The van der Waals surface area contributed by atoms with Crippen LogP contribution >= 0.6 is 0 Å². The normalized spacial score (nSPS) is 29.7.